The Bertz CT molecular complexity index is 1080. The van der Waals surface area contributed by atoms with Gasteiger partial charge in [0.2, 0.25) is 0 Å². The second-order valence-electron chi connectivity index (χ2n) is 5.81. The van der Waals surface area contributed by atoms with Gasteiger partial charge < -0.3 is 4.42 Å². The van der Waals surface area contributed by atoms with Crippen molar-refractivity contribution in [2.24, 2.45) is 0 Å². The first-order chi connectivity index (χ1) is 11.7. The molecule has 0 radical (unpaired) electrons. The van der Waals surface area contributed by atoms with Crippen molar-refractivity contribution in [3.8, 4) is 0 Å². The molecule has 3 rings (SSSR count). The smallest absolute Gasteiger partial charge is 0.261 e. The molecule has 0 unspecified atom stereocenters. The predicted octanol–water partition coefficient (Wildman–Crippen LogP) is 4.71. The Balaban J connectivity index is 2.09. The van der Waals surface area contributed by atoms with E-state index in [4.69, 9.17) is 16.0 Å². The number of halogens is 1. The van der Waals surface area contributed by atoms with Crippen molar-refractivity contribution < 1.29 is 17.6 Å². The van der Waals surface area contributed by atoms with Gasteiger partial charge in [-0.2, -0.15) is 0 Å². The number of aryl methyl sites for hydroxylation is 2. The third-order valence-corrected chi connectivity index (χ3v) is 5.56. The molecule has 0 aliphatic carbocycles. The molecular formula is C18H16ClNO4S. The van der Waals surface area contributed by atoms with Crippen molar-refractivity contribution in [1.29, 1.82) is 0 Å². The summed E-state index contributed by atoms with van der Waals surface area (Å²) in [6, 6.07) is 9.24. The lowest BCUT2D eigenvalue weighted by molar-refractivity contribution is 0.101. The predicted molar refractivity (Wildman–Crippen MR) is 98.0 cm³/mol. The highest BCUT2D eigenvalue weighted by Crippen LogP contribution is 2.32. The van der Waals surface area contributed by atoms with E-state index in [1.165, 1.54) is 31.2 Å². The zero-order chi connectivity index (χ0) is 18.4. The molecule has 0 spiro atoms. The van der Waals surface area contributed by atoms with Crippen LogP contribution < -0.4 is 4.72 Å². The van der Waals surface area contributed by atoms with Gasteiger partial charge in [-0.3, -0.25) is 9.52 Å². The number of Topliss-reactive ketones (excluding diaryl/α,β-unsaturated/α-hetero) is 1. The molecule has 7 heteroatoms. The number of rotatable bonds is 4. The van der Waals surface area contributed by atoms with E-state index < -0.39 is 10.0 Å². The highest BCUT2D eigenvalue weighted by molar-refractivity contribution is 7.92. The zero-order valence-electron chi connectivity index (χ0n) is 13.9. The van der Waals surface area contributed by atoms with Crippen LogP contribution in [-0.2, 0) is 10.0 Å². The first-order valence-corrected chi connectivity index (χ1v) is 9.38. The molecule has 5 nitrogen and oxygen atoms in total. The van der Waals surface area contributed by atoms with Gasteiger partial charge in [0, 0.05) is 10.4 Å². The zero-order valence-corrected chi connectivity index (χ0v) is 15.5. The summed E-state index contributed by atoms with van der Waals surface area (Å²) in [5, 5.41) is 1.04. The molecule has 1 N–H and O–H groups in total. The molecule has 25 heavy (non-hydrogen) atoms. The fraction of sp³-hybridized carbons (Fsp3) is 0.167. The van der Waals surface area contributed by atoms with Crippen LogP contribution in [0.1, 0.15) is 28.6 Å². The van der Waals surface area contributed by atoms with Crippen LogP contribution >= 0.6 is 11.6 Å². The third-order valence-electron chi connectivity index (χ3n) is 3.93. The van der Waals surface area contributed by atoms with Crippen LogP contribution in [0, 0.1) is 13.8 Å². The van der Waals surface area contributed by atoms with Crippen molar-refractivity contribution in [2.45, 2.75) is 25.7 Å². The number of carbonyl (C=O) groups is 1. The van der Waals surface area contributed by atoms with Crippen LogP contribution in [0.25, 0.3) is 11.0 Å². The molecule has 1 aromatic heterocycles. The monoisotopic (exact) mass is 377 g/mol. The maximum atomic E-state index is 12.6. The first-order valence-electron chi connectivity index (χ1n) is 7.52. The highest BCUT2D eigenvalue weighted by Gasteiger charge is 2.19. The van der Waals surface area contributed by atoms with Crippen LogP contribution in [0.4, 0.5) is 5.69 Å². The molecule has 0 bridgehead atoms. The summed E-state index contributed by atoms with van der Waals surface area (Å²) in [5.74, 6) is 0.381. The molecule has 0 aliphatic heterocycles. The molecule has 0 fully saturated rings. The van der Waals surface area contributed by atoms with Gasteiger partial charge in [-0.25, -0.2) is 8.42 Å². The average molecular weight is 378 g/mol. The molecule has 2 aromatic carbocycles. The highest BCUT2D eigenvalue weighted by atomic mass is 35.5. The molecule has 0 atom stereocenters. The summed E-state index contributed by atoms with van der Waals surface area (Å²) in [5.41, 5.74) is 2.09. The number of hydrogen-bond donors (Lipinski definition) is 1. The molecule has 130 valence electrons. The van der Waals surface area contributed by atoms with Crippen LogP contribution in [0.2, 0.25) is 5.02 Å². The van der Waals surface area contributed by atoms with Gasteiger partial charge in [0.05, 0.1) is 16.1 Å². The molecule has 1 heterocycles. The maximum Gasteiger partial charge on any atom is 0.261 e. The number of carbonyl (C=O) groups excluding carboxylic acids is 1. The number of benzene rings is 2. The van der Waals surface area contributed by atoms with Gasteiger partial charge in [0.25, 0.3) is 10.0 Å². The van der Waals surface area contributed by atoms with Crippen molar-refractivity contribution in [1.82, 2.24) is 0 Å². The summed E-state index contributed by atoms with van der Waals surface area (Å²) in [7, 11) is -3.77. The van der Waals surface area contributed by atoms with Gasteiger partial charge in [0.1, 0.15) is 11.3 Å². The average Bonchev–Trinajstić information content (AvgIpc) is 2.82. The third kappa shape index (κ3) is 3.27. The van der Waals surface area contributed by atoms with Crippen molar-refractivity contribution in [3.05, 3.63) is 58.3 Å². The number of fused-ring (bicyclic) bond motifs is 1. The van der Waals surface area contributed by atoms with Crippen molar-refractivity contribution in [2.75, 3.05) is 4.72 Å². The summed E-state index contributed by atoms with van der Waals surface area (Å²) in [6.07, 6.45) is 0. The lowest BCUT2D eigenvalue weighted by Crippen LogP contribution is -2.13. The van der Waals surface area contributed by atoms with Gasteiger partial charge in [0.15, 0.2) is 5.78 Å². The van der Waals surface area contributed by atoms with E-state index >= 15 is 0 Å². The van der Waals surface area contributed by atoms with E-state index in [9.17, 15) is 13.2 Å². The maximum absolute atomic E-state index is 12.6. The number of ketones is 1. The van der Waals surface area contributed by atoms with E-state index in [0.717, 1.165) is 0 Å². The van der Waals surface area contributed by atoms with Crippen LogP contribution in [0.15, 0.2) is 45.7 Å². The number of hydrogen-bond acceptors (Lipinski definition) is 4. The number of nitrogens with one attached hydrogen (secondary N) is 1. The van der Waals surface area contributed by atoms with Crippen molar-refractivity contribution in [3.63, 3.8) is 0 Å². The van der Waals surface area contributed by atoms with E-state index in [-0.39, 0.29) is 10.7 Å². The molecule has 0 amide bonds. The first kappa shape index (κ1) is 17.5. The second-order valence-corrected chi connectivity index (χ2v) is 7.93. The van der Waals surface area contributed by atoms with Crippen LogP contribution in [-0.4, -0.2) is 14.2 Å². The van der Waals surface area contributed by atoms with Crippen molar-refractivity contribution >= 4 is 44.1 Å². The quantitative estimate of drug-likeness (QED) is 0.668. The summed E-state index contributed by atoms with van der Waals surface area (Å²) in [4.78, 5) is 12.0. The Labute approximate surface area is 150 Å². The minimum absolute atomic E-state index is 0.103. The Morgan fingerprint density at radius 2 is 1.76 bits per heavy atom. The van der Waals surface area contributed by atoms with E-state index in [1.54, 1.807) is 26.0 Å². The molecular weight excluding hydrogens is 362 g/mol. The van der Waals surface area contributed by atoms with Gasteiger partial charge >= 0.3 is 0 Å². The van der Waals surface area contributed by atoms with E-state index in [0.29, 0.717) is 38.6 Å². The van der Waals surface area contributed by atoms with E-state index in [2.05, 4.69) is 4.72 Å². The fourth-order valence-corrected chi connectivity index (χ4v) is 3.98. The minimum Gasteiger partial charge on any atom is -0.461 e. The topological polar surface area (TPSA) is 76.4 Å². The van der Waals surface area contributed by atoms with Gasteiger partial charge in [-0.05, 0) is 62.7 Å². The molecule has 3 aromatic rings. The lowest BCUT2D eigenvalue weighted by Gasteiger charge is -2.11. The number of sulfonamides is 1. The lowest BCUT2D eigenvalue weighted by atomic mass is 10.1. The second kappa shape index (κ2) is 6.20. The summed E-state index contributed by atoms with van der Waals surface area (Å²) < 4.78 is 33.3. The number of furan rings is 1. The minimum atomic E-state index is -3.77. The summed E-state index contributed by atoms with van der Waals surface area (Å²) in [6.45, 7) is 4.93. The Morgan fingerprint density at radius 3 is 2.36 bits per heavy atom. The SMILES string of the molecule is CC(=O)c1c(C)oc2cc(C)c(NS(=O)(=O)c3ccc(Cl)cc3)cc12. The largest absolute Gasteiger partial charge is 0.461 e. The molecule has 0 aliphatic rings. The summed E-state index contributed by atoms with van der Waals surface area (Å²) >= 11 is 5.80. The van der Waals surface area contributed by atoms with Gasteiger partial charge in [-0.1, -0.05) is 11.6 Å². The van der Waals surface area contributed by atoms with Crippen LogP contribution in [0.5, 0.6) is 0 Å². The van der Waals surface area contributed by atoms with E-state index in [1.807, 2.05) is 0 Å². The Hall–Kier alpha value is -2.31. The van der Waals surface area contributed by atoms with Crippen LogP contribution in [0.3, 0.4) is 0 Å². The molecule has 0 saturated heterocycles. The van der Waals surface area contributed by atoms with Gasteiger partial charge in [-0.15, -0.1) is 0 Å². The Kier molecular flexibility index (Phi) is 4.34. The Morgan fingerprint density at radius 1 is 1.12 bits per heavy atom. The molecule has 0 saturated carbocycles. The standard InChI is InChI=1S/C18H16ClNO4S/c1-10-8-17-15(18(11(2)21)12(3)24-17)9-16(10)20-25(22,23)14-6-4-13(19)5-7-14/h4-9,20H,1-3H3. The normalized spacial score (nSPS) is 11.7. The number of anilines is 1. The fourth-order valence-electron chi connectivity index (χ4n) is 2.73.